The summed E-state index contributed by atoms with van der Waals surface area (Å²) in [4.78, 5) is 27.9. The van der Waals surface area contributed by atoms with Gasteiger partial charge in [0.15, 0.2) is 0 Å². The number of tetrazole rings is 1. The van der Waals surface area contributed by atoms with E-state index in [-0.39, 0.29) is 29.8 Å². The molecule has 9 nitrogen and oxygen atoms in total. The van der Waals surface area contributed by atoms with Crippen LogP contribution in [-0.2, 0) is 16.1 Å². The fourth-order valence-corrected chi connectivity index (χ4v) is 4.54. The molecular weight excluding hydrogens is 406 g/mol. The highest BCUT2D eigenvalue weighted by Gasteiger charge is 2.44. The summed E-state index contributed by atoms with van der Waals surface area (Å²) in [6.45, 7) is 5.89. The molecule has 2 amide bonds. The standard InChI is InChI=1S/C20H26ClN7O2/c1-20(2)7-8-22-17(20)19(30)27-9-3-4-16(27)18(29)23-11-13-10-14(21)5-6-15(13)28-12-24-25-26-28/h5-6,10,12,16-17,22H,3-4,7-9,11H2,1-2H3,(H,23,29). The van der Waals surface area contributed by atoms with Gasteiger partial charge in [-0.1, -0.05) is 25.4 Å². The van der Waals surface area contributed by atoms with E-state index in [9.17, 15) is 9.59 Å². The number of amides is 2. The van der Waals surface area contributed by atoms with E-state index in [0.29, 0.717) is 18.0 Å². The van der Waals surface area contributed by atoms with Crippen molar-refractivity contribution < 1.29 is 9.59 Å². The molecule has 2 unspecified atom stereocenters. The average molecular weight is 432 g/mol. The number of aromatic nitrogens is 4. The van der Waals surface area contributed by atoms with Crippen molar-refractivity contribution in [3.63, 3.8) is 0 Å². The molecule has 2 atom stereocenters. The minimum absolute atomic E-state index is 0.0206. The van der Waals surface area contributed by atoms with E-state index < -0.39 is 6.04 Å². The van der Waals surface area contributed by atoms with Gasteiger partial charge in [-0.3, -0.25) is 9.59 Å². The van der Waals surface area contributed by atoms with Crippen LogP contribution in [0.4, 0.5) is 0 Å². The molecule has 2 aliphatic rings. The maximum absolute atomic E-state index is 13.1. The number of hydrogen-bond donors (Lipinski definition) is 2. The zero-order valence-corrected chi connectivity index (χ0v) is 17.9. The van der Waals surface area contributed by atoms with Crippen molar-refractivity contribution in [1.82, 2.24) is 35.7 Å². The smallest absolute Gasteiger partial charge is 0.243 e. The largest absolute Gasteiger partial charge is 0.350 e. The van der Waals surface area contributed by atoms with Gasteiger partial charge in [-0.05, 0) is 65.4 Å². The SMILES string of the molecule is CC1(C)CCNC1C(=O)N1CCCC1C(=O)NCc1cc(Cl)ccc1-n1cnnn1. The third-order valence-electron chi connectivity index (χ3n) is 6.08. The number of benzene rings is 1. The Balaban J connectivity index is 1.45. The maximum Gasteiger partial charge on any atom is 0.243 e. The third kappa shape index (κ3) is 4.04. The molecule has 0 spiro atoms. The highest BCUT2D eigenvalue weighted by atomic mass is 35.5. The Labute approximate surface area is 180 Å². The summed E-state index contributed by atoms with van der Waals surface area (Å²) in [6, 6.07) is 4.63. The van der Waals surface area contributed by atoms with E-state index in [4.69, 9.17) is 11.6 Å². The lowest BCUT2D eigenvalue weighted by Gasteiger charge is -2.32. The van der Waals surface area contributed by atoms with Crippen LogP contribution in [0.2, 0.25) is 5.02 Å². The predicted octanol–water partition coefficient (Wildman–Crippen LogP) is 1.31. The van der Waals surface area contributed by atoms with Crippen LogP contribution in [-0.4, -0.2) is 62.1 Å². The number of hydrogen-bond acceptors (Lipinski definition) is 6. The van der Waals surface area contributed by atoms with Gasteiger partial charge >= 0.3 is 0 Å². The number of nitrogens with one attached hydrogen (secondary N) is 2. The number of likely N-dealkylation sites (tertiary alicyclic amines) is 1. The highest BCUT2D eigenvalue weighted by molar-refractivity contribution is 6.30. The van der Waals surface area contributed by atoms with E-state index in [1.165, 1.54) is 11.0 Å². The molecular formula is C20H26ClN7O2. The first-order valence-corrected chi connectivity index (χ1v) is 10.6. The fraction of sp³-hybridized carbons (Fsp3) is 0.550. The molecule has 0 bridgehead atoms. The molecule has 1 aromatic carbocycles. The Bertz CT molecular complexity index is 931. The van der Waals surface area contributed by atoms with Gasteiger partial charge in [0.25, 0.3) is 0 Å². The Hall–Kier alpha value is -2.52. The summed E-state index contributed by atoms with van der Waals surface area (Å²) >= 11 is 6.15. The number of rotatable bonds is 5. The summed E-state index contributed by atoms with van der Waals surface area (Å²) in [5.74, 6) is -0.133. The minimum atomic E-state index is -0.452. The van der Waals surface area contributed by atoms with Gasteiger partial charge in [0, 0.05) is 18.1 Å². The second kappa shape index (κ2) is 8.31. The second-order valence-corrected chi connectivity index (χ2v) is 9.00. The van der Waals surface area contributed by atoms with Crippen molar-refractivity contribution in [2.24, 2.45) is 5.41 Å². The zero-order chi connectivity index (χ0) is 21.3. The van der Waals surface area contributed by atoms with E-state index in [2.05, 4.69) is 40.0 Å². The highest BCUT2D eigenvalue weighted by Crippen LogP contribution is 2.32. The molecule has 2 saturated heterocycles. The summed E-state index contributed by atoms with van der Waals surface area (Å²) < 4.78 is 1.52. The lowest BCUT2D eigenvalue weighted by Crippen LogP contribution is -2.54. The van der Waals surface area contributed by atoms with Crippen molar-refractivity contribution >= 4 is 23.4 Å². The van der Waals surface area contributed by atoms with Gasteiger partial charge in [0.2, 0.25) is 11.8 Å². The first-order valence-electron chi connectivity index (χ1n) is 10.2. The van der Waals surface area contributed by atoms with Crippen molar-refractivity contribution in [1.29, 1.82) is 0 Å². The van der Waals surface area contributed by atoms with Gasteiger partial charge in [-0.15, -0.1) is 5.10 Å². The molecule has 2 N–H and O–H groups in total. The molecule has 0 saturated carbocycles. The van der Waals surface area contributed by atoms with E-state index in [1.807, 2.05) is 0 Å². The van der Waals surface area contributed by atoms with Crippen LogP contribution in [0.3, 0.4) is 0 Å². The minimum Gasteiger partial charge on any atom is -0.350 e. The van der Waals surface area contributed by atoms with Crippen LogP contribution in [0.25, 0.3) is 5.69 Å². The quantitative estimate of drug-likeness (QED) is 0.739. The van der Waals surface area contributed by atoms with Gasteiger partial charge < -0.3 is 15.5 Å². The molecule has 2 fully saturated rings. The van der Waals surface area contributed by atoms with Gasteiger partial charge in [-0.2, -0.15) is 0 Å². The number of carbonyl (C=O) groups excluding carboxylic acids is 2. The van der Waals surface area contributed by atoms with E-state index in [1.54, 1.807) is 23.1 Å². The molecule has 160 valence electrons. The zero-order valence-electron chi connectivity index (χ0n) is 17.1. The molecule has 2 aliphatic heterocycles. The summed E-state index contributed by atoms with van der Waals surface area (Å²) in [5, 5.41) is 18.1. The van der Waals surface area contributed by atoms with Gasteiger partial charge in [-0.25, -0.2) is 4.68 Å². The first kappa shape index (κ1) is 20.7. The number of nitrogens with zero attached hydrogens (tertiary/aromatic N) is 5. The lowest BCUT2D eigenvalue weighted by molar-refractivity contribution is -0.141. The lowest BCUT2D eigenvalue weighted by atomic mass is 9.84. The van der Waals surface area contributed by atoms with Crippen LogP contribution >= 0.6 is 11.6 Å². The number of carbonyl (C=O) groups is 2. The third-order valence-corrected chi connectivity index (χ3v) is 6.31. The molecule has 0 radical (unpaired) electrons. The van der Waals surface area contributed by atoms with Crippen LogP contribution in [0.15, 0.2) is 24.5 Å². The van der Waals surface area contributed by atoms with Crippen LogP contribution in [0.1, 0.15) is 38.7 Å². The van der Waals surface area contributed by atoms with Gasteiger partial charge in [0.1, 0.15) is 12.4 Å². The first-order chi connectivity index (χ1) is 14.4. The topological polar surface area (TPSA) is 105 Å². The van der Waals surface area contributed by atoms with E-state index in [0.717, 1.165) is 30.6 Å². The predicted molar refractivity (Wildman–Crippen MR) is 111 cm³/mol. The van der Waals surface area contributed by atoms with Crippen LogP contribution in [0, 0.1) is 5.41 Å². The van der Waals surface area contributed by atoms with Crippen molar-refractivity contribution in [3.05, 3.63) is 35.1 Å². The van der Waals surface area contributed by atoms with Gasteiger partial charge in [0.05, 0.1) is 11.7 Å². The average Bonchev–Trinajstić information content (AvgIpc) is 3.46. The monoisotopic (exact) mass is 431 g/mol. The Morgan fingerprint density at radius 1 is 1.37 bits per heavy atom. The summed E-state index contributed by atoms with van der Waals surface area (Å²) in [6.07, 6.45) is 3.93. The number of halogens is 1. The molecule has 3 heterocycles. The fourth-order valence-electron chi connectivity index (χ4n) is 4.34. The van der Waals surface area contributed by atoms with Crippen LogP contribution in [0.5, 0.6) is 0 Å². The Morgan fingerprint density at radius 2 is 2.20 bits per heavy atom. The van der Waals surface area contributed by atoms with E-state index >= 15 is 0 Å². The normalized spacial score (nSPS) is 23.0. The van der Waals surface area contributed by atoms with Crippen LogP contribution < -0.4 is 10.6 Å². The second-order valence-electron chi connectivity index (χ2n) is 8.56. The Kier molecular flexibility index (Phi) is 5.75. The molecule has 4 rings (SSSR count). The Morgan fingerprint density at radius 3 is 2.90 bits per heavy atom. The summed E-state index contributed by atoms with van der Waals surface area (Å²) in [7, 11) is 0. The molecule has 2 aromatic rings. The van der Waals surface area contributed by atoms with Crippen molar-refractivity contribution in [2.75, 3.05) is 13.1 Å². The molecule has 30 heavy (non-hydrogen) atoms. The molecule has 10 heteroatoms. The maximum atomic E-state index is 13.1. The molecule has 0 aliphatic carbocycles. The summed E-state index contributed by atoms with van der Waals surface area (Å²) in [5.41, 5.74) is 1.42. The van der Waals surface area contributed by atoms with Crippen molar-refractivity contribution in [3.8, 4) is 5.69 Å². The molecule has 1 aromatic heterocycles. The van der Waals surface area contributed by atoms with Crippen molar-refractivity contribution in [2.45, 2.75) is 51.7 Å².